The van der Waals surface area contributed by atoms with Crippen LogP contribution < -0.4 is 5.32 Å². The van der Waals surface area contributed by atoms with Crippen LogP contribution >= 0.6 is 0 Å². The highest BCUT2D eigenvalue weighted by molar-refractivity contribution is 6.07. The van der Waals surface area contributed by atoms with Gasteiger partial charge in [-0.15, -0.1) is 0 Å². The number of carbonyl (C=O) groups is 3. The summed E-state index contributed by atoms with van der Waals surface area (Å²) < 4.78 is 10.3. The third kappa shape index (κ3) is 5.22. The lowest BCUT2D eigenvalue weighted by Crippen LogP contribution is -2.21. The molecule has 188 valence electrons. The normalized spacial score (nSPS) is 10.8. The minimum atomic E-state index is -0.627. The maximum atomic E-state index is 13.2. The van der Waals surface area contributed by atoms with Crippen LogP contribution in [0.4, 0.5) is 5.69 Å². The quantitative estimate of drug-likeness (QED) is 0.272. The first-order chi connectivity index (χ1) is 18.5. The Hall–Kier alpha value is -5.04. The van der Waals surface area contributed by atoms with Gasteiger partial charge in [0.05, 0.1) is 28.9 Å². The van der Waals surface area contributed by atoms with Crippen molar-refractivity contribution in [1.82, 2.24) is 4.98 Å². The molecule has 38 heavy (non-hydrogen) atoms. The fourth-order valence-electron chi connectivity index (χ4n) is 4.24. The van der Waals surface area contributed by atoms with Crippen LogP contribution in [0.3, 0.4) is 0 Å². The molecule has 0 saturated heterocycles. The summed E-state index contributed by atoms with van der Waals surface area (Å²) in [4.78, 5) is 42.2. The van der Waals surface area contributed by atoms with Crippen molar-refractivity contribution >= 4 is 45.2 Å². The number of rotatable bonds is 7. The Morgan fingerprint density at radius 1 is 0.763 bits per heavy atom. The van der Waals surface area contributed by atoms with Gasteiger partial charge in [-0.2, -0.15) is 0 Å². The van der Waals surface area contributed by atoms with Crippen LogP contribution in [0.1, 0.15) is 27.6 Å². The fourth-order valence-corrected chi connectivity index (χ4v) is 4.24. The summed E-state index contributed by atoms with van der Waals surface area (Å²) >= 11 is 0. The molecule has 7 heteroatoms. The lowest BCUT2D eigenvalue weighted by Gasteiger charge is -2.12. The molecule has 0 fully saturated rings. The van der Waals surface area contributed by atoms with E-state index in [1.54, 1.807) is 43.3 Å². The van der Waals surface area contributed by atoms with Gasteiger partial charge in [0.25, 0.3) is 5.91 Å². The number of anilines is 1. The summed E-state index contributed by atoms with van der Waals surface area (Å²) in [5.41, 5.74) is 3.35. The Kier molecular flexibility index (Phi) is 7.08. The topological polar surface area (TPSA) is 94.6 Å². The number of hydrogen-bond acceptors (Lipinski definition) is 6. The molecule has 7 nitrogen and oxygen atoms in total. The summed E-state index contributed by atoms with van der Waals surface area (Å²) in [5, 5.41) is 5.38. The Morgan fingerprint density at radius 2 is 1.47 bits per heavy atom. The molecule has 1 amide bonds. The fraction of sp³-hybridized carbons (Fsp3) is 0.0968. The van der Waals surface area contributed by atoms with Crippen molar-refractivity contribution in [1.29, 1.82) is 0 Å². The highest BCUT2D eigenvalue weighted by atomic mass is 16.5. The molecule has 5 rings (SSSR count). The molecule has 4 aromatic carbocycles. The van der Waals surface area contributed by atoms with E-state index in [-0.39, 0.29) is 6.61 Å². The van der Waals surface area contributed by atoms with E-state index in [9.17, 15) is 14.4 Å². The zero-order valence-electron chi connectivity index (χ0n) is 20.6. The van der Waals surface area contributed by atoms with E-state index >= 15 is 0 Å². The number of benzene rings is 4. The summed E-state index contributed by atoms with van der Waals surface area (Å²) in [5.74, 6) is -1.57. The molecule has 0 unspecified atom stereocenters. The number of ether oxygens (including phenoxy) is 2. The third-order valence-corrected chi connectivity index (χ3v) is 6.02. The van der Waals surface area contributed by atoms with Crippen LogP contribution in [0.15, 0.2) is 97.1 Å². The molecule has 1 heterocycles. The van der Waals surface area contributed by atoms with Crippen molar-refractivity contribution in [2.45, 2.75) is 6.92 Å². The molecule has 1 N–H and O–H groups in total. The highest BCUT2D eigenvalue weighted by Crippen LogP contribution is 2.30. The van der Waals surface area contributed by atoms with Crippen molar-refractivity contribution in [3.05, 3.63) is 108 Å². The zero-order valence-corrected chi connectivity index (χ0v) is 20.6. The van der Waals surface area contributed by atoms with Gasteiger partial charge < -0.3 is 14.8 Å². The van der Waals surface area contributed by atoms with Crippen LogP contribution in [-0.2, 0) is 14.3 Å². The van der Waals surface area contributed by atoms with Gasteiger partial charge in [0, 0.05) is 16.6 Å². The van der Waals surface area contributed by atoms with E-state index in [4.69, 9.17) is 14.5 Å². The molecule has 0 saturated carbocycles. The number of fused-ring (bicyclic) bond motifs is 2. The van der Waals surface area contributed by atoms with E-state index in [0.29, 0.717) is 33.4 Å². The van der Waals surface area contributed by atoms with E-state index < -0.39 is 24.5 Å². The summed E-state index contributed by atoms with van der Waals surface area (Å²) in [6.07, 6.45) is 0. The number of pyridine rings is 1. The maximum Gasteiger partial charge on any atom is 0.339 e. The average molecular weight is 505 g/mol. The second kappa shape index (κ2) is 10.9. The highest BCUT2D eigenvalue weighted by Gasteiger charge is 2.18. The van der Waals surface area contributed by atoms with E-state index in [0.717, 1.165) is 16.3 Å². The van der Waals surface area contributed by atoms with Crippen LogP contribution in [0.5, 0.6) is 0 Å². The van der Waals surface area contributed by atoms with Gasteiger partial charge in [-0.05, 0) is 54.1 Å². The number of nitrogens with one attached hydrogen (secondary N) is 1. The number of amides is 1. The number of aromatic nitrogens is 1. The van der Waals surface area contributed by atoms with Gasteiger partial charge in [0.15, 0.2) is 6.61 Å². The zero-order chi connectivity index (χ0) is 26.5. The molecule has 0 aliphatic rings. The SMILES string of the molecule is CCOC(=O)c1ccc(NC(=O)COC(=O)c2cc(-c3cccc4ccccc34)nc3ccccc23)cc1. The van der Waals surface area contributed by atoms with Crippen LogP contribution in [0.2, 0.25) is 0 Å². The minimum Gasteiger partial charge on any atom is -0.462 e. The van der Waals surface area contributed by atoms with Gasteiger partial charge in [0.2, 0.25) is 0 Å². The summed E-state index contributed by atoms with van der Waals surface area (Å²) in [6, 6.07) is 29.2. The summed E-state index contributed by atoms with van der Waals surface area (Å²) in [6.45, 7) is 1.53. The van der Waals surface area contributed by atoms with Gasteiger partial charge in [-0.1, -0.05) is 60.7 Å². The van der Waals surface area contributed by atoms with E-state index in [1.807, 2.05) is 60.7 Å². The number of nitrogens with zero attached hydrogens (tertiary/aromatic N) is 1. The predicted molar refractivity (Wildman–Crippen MR) is 146 cm³/mol. The largest absolute Gasteiger partial charge is 0.462 e. The van der Waals surface area contributed by atoms with Crippen molar-refractivity contribution in [3.8, 4) is 11.3 Å². The molecule has 0 spiro atoms. The standard InChI is InChI=1S/C31H24N2O5/c1-2-37-30(35)21-14-16-22(17-15-21)32-29(34)19-38-31(36)26-18-28(33-27-13-6-5-11-25(26)27)24-12-7-9-20-8-3-4-10-23(20)24/h3-18H,2,19H2,1H3,(H,32,34). The second-order valence-corrected chi connectivity index (χ2v) is 8.52. The number of carbonyl (C=O) groups excluding carboxylic acids is 3. The molecule has 5 aromatic rings. The first-order valence-electron chi connectivity index (χ1n) is 12.2. The first-order valence-corrected chi connectivity index (χ1v) is 12.2. The maximum absolute atomic E-state index is 13.2. The lowest BCUT2D eigenvalue weighted by atomic mass is 9.99. The van der Waals surface area contributed by atoms with Crippen molar-refractivity contribution in [2.24, 2.45) is 0 Å². The molecule has 1 aromatic heterocycles. The van der Waals surface area contributed by atoms with Gasteiger partial charge in [-0.25, -0.2) is 14.6 Å². The Labute approximate surface area is 219 Å². The van der Waals surface area contributed by atoms with Gasteiger partial charge in [0.1, 0.15) is 0 Å². The van der Waals surface area contributed by atoms with Gasteiger partial charge >= 0.3 is 11.9 Å². The van der Waals surface area contributed by atoms with Crippen molar-refractivity contribution < 1.29 is 23.9 Å². The average Bonchev–Trinajstić information content (AvgIpc) is 2.95. The monoisotopic (exact) mass is 504 g/mol. The van der Waals surface area contributed by atoms with Crippen LogP contribution in [-0.4, -0.2) is 36.0 Å². The van der Waals surface area contributed by atoms with Gasteiger partial charge in [-0.3, -0.25) is 4.79 Å². The molecular weight excluding hydrogens is 480 g/mol. The molecule has 0 atom stereocenters. The Bertz CT molecular complexity index is 1660. The van der Waals surface area contributed by atoms with E-state index in [1.165, 1.54) is 0 Å². The third-order valence-electron chi connectivity index (χ3n) is 6.02. The lowest BCUT2D eigenvalue weighted by molar-refractivity contribution is -0.119. The van der Waals surface area contributed by atoms with E-state index in [2.05, 4.69) is 5.32 Å². The molecule has 0 radical (unpaired) electrons. The van der Waals surface area contributed by atoms with Crippen molar-refractivity contribution in [2.75, 3.05) is 18.5 Å². The van der Waals surface area contributed by atoms with Crippen molar-refractivity contribution in [3.63, 3.8) is 0 Å². The number of esters is 2. The molecule has 0 bridgehead atoms. The number of para-hydroxylation sites is 1. The van der Waals surface area contributed by atoms with Crippen LogP contribution in [0, 0.1) is 0 Å². The smallest absolute Gasteiger partial charge is 0.339 e. The predicted octanol–water partition coefficient (Wildman–Crippen LogP) is 6.03. The summed E-state index contributed by atoms with van der Waals surface area (Å²) in [7, 11) is 0. The molecule has 0 aliphatic carbocycles. The second-order valence-electron chi connectivity index (χ2n) is 8.52. The number of hydrogen-bond donors (Lipinski definition) is 1. The first kappa shape index (κ1) is 24.6. The Balaban J connectivity index is 1.35. The van der Waals surface area contributed by atoms with Crippen LogP contribution in [0.25, 0.3) is 32.9 Å². The molecular formula is C31H24N2O5. The molecule has 0 aliphatic heterocycles. The Morgan fingerprint density at radius 3 is 2.26 bits per heavy atom. The minimum absolute atomic E-state index is 0.277.